The van der Waals surface area contributed by atoms with Crippen LogP contribution >= 0.6 is 22.6 Å². The molecular weight excluding hydrogens is 515 g/mol. The lowest BCUT2D eigenvalue weighted by Gasteiger charge is -2.08. The third-order valence-electron chi connectivity index (χ3n) is 6.00. The molecule has 0 aliphatic heterocycles. The van der Waals surface area contributed by atoms with Crippen LogP contribution in [0.25, 0.3) is 55.2 Å². The van der Waals surface area contributed by atoms with Crippen molar-refractivity contribution in [1.29, 1.82) is 0 Å². The number of rotatable bonds is 3. The van der Waals surface area contributed by atoms with Crippen LogP contribution in [0.5, 0.6) is 0 Å². The molecule has 0 amide bonds. The molecule has 0 radical (unpaired) electrons. The fourth-order valence-corrected chi connectivity index (χ4v) is 4.55. The van der Waals surface area contributed by atoms with Gasteiger partial charge in [-0.1, -0.05) is 60.7 Å². The van der Waals surface area contributed by atoms with Gasteiger partial charge in [0.2, 0.25) is 0 Å². The van der Waals surface area contributed by atoms with Crippen molar-refractivity contribution < 1.29 is 0 Å². The van der Waals surface area contributed by atoms with E-state index in [0.717, 1.165) is 27.7 Å². The van der Waals surface area contributed by atoms with Gasteiger partial charge in [-0.25, -0.2) is 0 Å². The smallest absolute Gasteiger partial charge is 0.0718 e. The van der Waals surface area contributed by atoms with Crippen LogP contribution in [-0.4, -0.2) is 9.97 Å². The molecule has 0 saturated heterocycles. The second-order valence-corrected chi connectivity index (χ2v) is 9.38. The fourth-order valence-electron chi connectivity index (χ4n) is 4.19. The maximum Gasteiger partial charge on any atom is 0.0718 e. The Kier molecular flexibility index (Phi) is 5.11. The number of hydrogen-bond donors (Lipinski definition) is 0. The molecule has 33 heavy (non-hydrogen) atoms. The van der Waals surface area contributed by atoms with Crippen LogP contribution in [0.1, 0.15) is 0 Å². The van der Waals surface area contributed by atoms with Gasteiger partial charge in [-0.15, -0.1) is 0 Å². The van der Waals surface area contributed by atoms with Gasteiger partial charge in [0, 0.05) is 32.5 Å². The zero-order chi connectivity index (χ0) is 22.2. The largest absolute Gasteiger partial charge is 0.256 e. The first-order valence-electron chi connectivity index (χ1n) is 10.8. The minimum Gasteiger partial charge on any atom is -0.256 e. The molecule has 2 nitrogen and oxygen atoms in total. The molecule has 0 saturated carbocycles. The van der Waals surface area contributed by atoms with E-state index in [-0.39, 0.29) is 0 Å². The average molecular weight is 534 g/mol. The number of para-hydroxylation sites is 1. The van der Waals surface area contributed by atoms with Gasteiger partial charge in [0.05, 0.1) is 11.2 Å². The Hall–Kier alpha value is -3.57. The second-order valence-electron chi connectivity index (χ2n) is 8.13. The monoisotopic (exact) mass is 534 g/mol. The van der Waals surface area contributed by atoms with Crippen molar-refractivity contribution in [3.63, 3.8) is 0 Å². The number of nitrogens with zero attached hydrogens (tertiary/aromatic N) is 2. The summed E-state index contributed by atoms with van der Waals surface area (Å²) in [5.41, 5.74) is 7.71. The topological polar surface area (TPSA) is 25.8 Å². The molecule has 2 heterocycles. The first kappa shape index (κ1) is 20.1. The van der Waals surface area contributed by atoms with Crippen LogP contribution < -0.4 is 0 Å². The van der Waals surface area contributed by atoms with Crippen molar-refractivity contribution in [2.75, 3.05) is 0 Å². The van der Waals surface area contributed by atoms with Gasteiger partial charge in [-0.2, -0.15) is 0 Å². The number of benzene rings is 4. The number of pyridine rings is 2. The van der Waals surface area contributed by atoms with E-state index in [9.17, 15) is 0 Å². The lowest BCUT2D eigenvalue weighted by molar-refractivity contribution is 1.31. The van der Waals surface area contributed by atoms with Gasteiger partial charge >= 0.3 is 0 Å². The highest BCUT2D eigenvalue weighted by Crippen LogP contribution is 2.30. The average Bonchev–Trinajstić information content (AvgIpc) is 2.88. The summed E-state index contributed by atoms with van der Waals surface area (Å²) in [6.07, 6.45) is 3.84. The van der Waals surface area contributed by atoms with Gasteiger partial charge in [-0.05, 0) is 92.5 Å². The number of hydrogen-bond acceptors (Lipinski definition) is 2. The molecule has 0 atom stereocenters. The van der Waals surface area contributed by atoms with Crippen LogP contribution in [0.3, 0.4) is 0 Å². The molecule has 6 aromatic rings. The minimum atomic E-state index is 0.931. The summed E-state index contributed by atoms with van der Waals surface area (Å²) in [5, 5.41) is 3.59. The highest BCUT2D eigenvalue weighted by molar-refractivity contribution is 14.1. The fraction of sp³-hybridized carbons (Fsp3) is 0. The summed E-state index contributed by atoms with van der Waals surface area (Å²) in [6.45, 7) is 0. The summed E-state index contributed by atoms with van der Waals surface area (Å²) in [4.78, 5) is 9.30. The van der Waals surface area contributed by atoms with Gasteiger partial charge in [0.25, 0.3) is 0 Å². The van der Waals surface area contributed by atoms with Crippen molar-refractivity contribution >= 4 is 44.3 Å². The quantitative estimate of drug-likeness (QED) is 0.213. The molecule has 0 bridgehead atoms. The summed E-state index contributed by atoms with van der Waals surface area (Å²) < 4.78 is 1.25. The summed E-state index contributed by atoms with van der Waals surface area (Å²) in [6, 6.07) is 36.4. The molecule has 0 spiro atoms. The van der Waals surface area contributed by atoms with E-state index in [1.54, 1.807) is 0 Å². The second kappa shape index (κ2) is 8.41. The van der Waals surface area contributed by atoms with Crippen molar-refractivity contribution in [2.24, 2.45) is 0 Å². The van der Waals surface area contributed by atoms with Crippen LogP contribution in [0.4, 0.5) is 0 Å². The Balaban J connectivity index is 1.30. The molecule has 0 aliphatic carbocycles. The third kappa shape index (κ3) is 4.00. The number of halogens is 1. The maximum atomic E-state index is 4.73. The normalized spacial score (nSPS) is 11.2. The van der Waals surface area contributed by atoms with Crippen LogP contribution in [0.2, 0.25) is 0 Å². The first-order chi connectivity index (χ1) is 16.2. The van der Waals surface area contributed by atoms with Gasteiger partial charge < -0.3 is 0 Å². The van der Waals surface area contributed by atoms with E-state index in [0.29, 0.717) is 0 Å². The van der Waals surface area contributed by atoms with Crippen molar-refractivity contribution in [2.45, 2.75) is 0 Å². The Morgan fingerprint density at radius 3 is 1.79 bits per heavy atom. The van der Waals surface area contributed by atoms with Crippen LogP contribution in [0.15, 0.2) is 116 Å². The SMILES string of the molecule is Ic1ccc(-c2ccc3cc(-c4ccc(-c5cnc6ccccc6c5)nc4)ccc3c2)cc1. The lowest BCUT2D eigenvalue weighted by Crippen LogP contribution is -1.87. The lowest BCUT2D eigenvalue weighted by atomic mass is 9.98. The highest BCUT2D eigenvalue weighted by atomic mass is 127. The standard InChI is InChI=1S/C30H19IN2/c31-28-12-9-20(10-13-28)21-5-6-23-16-24(8-7-22(23)15-21)26-11-14-30(32-18-26)27-17-25-3-1-2-4-29(25)33-19-27/h1-19H. The van der Waals surface area contributed by atoms with E-state index < -0.39 is 0 Å². The van der Waals surface area contributed by atoms with Crippen LogP contribution in [0, 0.1) is 3.57 Å². The summed E-state index contributed by atoms with van der Waals surface area (Å²) in [5.74, 6) is 0. The minimum absolute atomic E-state index is 0.931. The van der Waals surface area contributed by atoms with Crippen molar-refractivity contribution in [3.8, 4) is 33.5 Å². The Labute approximate surface area is 206 Å². The Morgan fingerprint density at radius 2 is 1.06 bits per heavy atom. The molecule has 0 aliphatic rings. The third-order valence-corrected chi connectivity index (χ3v) is 6.72. The Bertz CT molecular complexity index is 1600. The molecule has 0 fully saturated rings. The first-order valence-corrected chi connectivity index (χ1v) is 11.9. The van der Waals surface area contributed by atoms with E-state index in [1.807, 2.05) is 30.6 Å². The number of fused-ring (bicyclic) bond motifs is 2. The number of aromatic nitrogens is 2. The van der Waals surface area contributed by atoms with Gasteiger partial charge in [0.15, 0.2) is 0 Å². The van der Waals surface area contributed by atoms with Crippen molar-refractivity contribution in [3.05, 3.63) is 119 Å². The molecular formula is C30H19IN2. The van der Waals surface area contributed by atoms with E-state index in [4.69, 9.17) is 4.98 Å². The van der Waals surface area contributed by atoms with Gasteiger partial charge in [-0.3, -0.25) is 9.97 Å². The predicted molar refractivity (Wildman–Crippen MR) is 146 cm³/mol. The highest BCUT2D eigenvalue weighted by Gasteiger charge is 2.06. The maximum absolute atomic E-state index is 4.73. The van der Waals surface area contributed by atoms with E-state index in [1.165, 1.54) is 31.0 Å². The van der Waals surface area contributed by atoms with Crippen molar-refractivity contribution in [1.82, 2.24) is 9.97 Å². The predicted octanol–water partition coefficient (Wildman–Crippen LogP) is 8.39. The van der Waals surface area contributed by atoms with E-state index >= 15 is 0 Å². The molecule has 0 unspecified atom stereocenters. The molecule has 6 rings (SSSR count). The Morgan fingerprint density at radius 1 is 0.455 bits per heavy atom. The summed E-state index contributed by atoms with van der Waals surface area (Å²) in [7, 11) is 0. The van der Waals surface area contributed by atoms with Gasteiger partial charge in [0.1, 0.15) is 0 Å². The summed E-state index contributed by atoms with van der Waals surface area (Å²) >= 11 is 2.34. The van der Waals surface area contributed by atoms with Crippen LogP contribution in [-0.2, 0) is 0 Å². The van der Waals surface area contributed by atoms with E-state index in [2.05, 4.69) is 113 Å². The zero-order valence-corrected chi connectivity index (χ0v) is 19.9. The molecule has 0 N–H and O–H groups in total. The zero-order valence-electron chi connectivity index (χ0n) is 17.7. The molecule has 2 aromatic heterocycles. The molecule has 156 valence electrons. The molecule has 4 aromatic carbocycles. The molecule has 3 heteroatoms.